The molecule has 4 aliphatic rings. The van der Waals surface area contributed by atoms with Crippen LogP contribution in [0.2, 0.25) is 0 Å². The lowest BCUT2D eigenvalue weighted by molar-refractivity contribution is -0.734. The minimum atomic E-state index is -6.08. The highest BCUT2D eigenvalue weighted by Gasteiger charge is 2.52. The van der Waals surface area contributed by atoms with Gasteiger partial charge in [0.15, 0.2) is 52.0 Å². The number of nitrogens with two attached hydrogens (primary N) is 2. The number of furan rings is 1. The zero-order chi connectivity index (χ0) is 87.1. The first-order valence-electron chi connectivity index (χ1n) is 36.6. The Morgan fingerprint density at radius 3 is 1.79 bits per heavy atom. The van der Waals surface area contributed by atoms with Gasteiger partial charge in [-0.2, -0.15) is 4.57 Å². The molecule has 0 spiro atoms. The second kappa shape index (κ2) is 36.2. The molecule has 8 N–H and O–H groups in total. The number of rotatable bonds is 37. The van der Waals surface area contributed by atoms with E-state index in [1.807, 2.05) is 42.0 Å². The molecule has 0 amide bonds. The Morgan fingerprint density at radius 1 is 0.648 bits per heavy atom. The molecule has 14 rings (SSSR count). The van der Waals surface area contributed by atoms with Gasteiger partial charge in [-0.15, -0.1) is 5.10 Å². The summed E-state index contributed by atoms with van der Waals surface area (Å²) in [5.41, 5.74) is 9.97. The van der Waals surface area contributed by atoms with Gasteiger partial charge in [0.25, 0.3) is 55.3 Å². The minimum Gasteiger partial charge on any atom is -0.756 e. The first kappa shape index (κ1) is 89.2. The van der Waals surface area contributed by atoms with E-state index in [4.69, 9.17) is 71.2 Å². The van der Waals surface area contributed by atoms with Crippen molar-refractivity contribution in [1.82, 2.24) is 73.1 Å². The fraction of sp³-hybridized carbons (Fsp3) is 0.453. The van der Waals surface area contributed by atoms with Crippen molar-refractivity contribution in [3.05, 3.63) is 157 Å². The van der Waals surface area contributed by atoms with Gasteiger partial charge in [-0.25, -0.2) is 47.9 Å². The maximum atomic E-state index is 14.6. The van der Waals surface area contributed by atoms with E-state index < -0.39 is 209 Å². The van der Waals surface area contributed by atoms with Crippen molar-refractivity contribution in [2.24, 2.45) is 0 Å². The van der Waals surface area contributed by atoms with Gasteiger partial charge in [0.05, 0.1) is 70.2 Å². The number of aryl methyl sites for hydroxylation is 3. The predicted molar refractivity (Wildman–Crippen MR) is 399 cm³/mol. The summed E-state index contributed by atoms with van der Waals surface area (Å²) in [4.78, 5) is 168. The van der Waals surface area contributed by atoms with Gasteiger partial charge in [-0.1, -0.05) is 11.3 Å². The van der Waals surface area contributed by atoms with Gasteiger partial charge in [-0.3, -0.25) is 65.3 Å². The van der Waals surface area contributed by atoms with E-state index in [2.05, 4.69) is 49.6 Å². The number of aromatic nitrogens is 16. The van der Waals surface area contributed by atoms with Gasteiger partial charge in [0.1, 0.15) is 96.0 Å². The molecule has 9 aromatic heterocycles. The second-order valence-electron chi connectivity index (χ2n) is 27.7. The first-order chi connectivity index (χ1) is 57.7. The van der Waals surface area contributed by atoms with Crippen molar-refractivity contribution < 1.29 is 139 Å². The standard InChI is InChI=1S/C64H78N19O33P5S/c1-4-77(5-2)38-9-8-36-18-39(108-40(36)19-38)10-7-35-11-15-78(52(17-35)122(100,101)102)13-6-14-79-24-37(75-76-79)25-103-56-55(116-121(98,99)106-27-45-41(113-118(91,92)93)20-50(110-45)82-32-71-53-57(65)67-30-69-59(53)82)47(112-62(56)80-16-12-48(84)73-63(80)86)29-107-120(96,97)115-43-22-51(83-33-72-54-58(66)68-31-70-60(54)83)111-46(43)28-105-119(94,95)114-42-21-49(109-44(42)26-104-117(88,89)90)81-23-34(3)61(85)74-64(81)87/h7-12,15-19,23-24,30-33,41-47,49-51,55-56,62H,4-6,13-14,20-22,25-29H2,1-3H3,(H13-,65,66,67,68,69,70,73,74,84,85,86,87,88,89,90,91,92,93,94,95,96,97,98,99,100,101,102)/p-5/t41-,42-,43-,44+,45+,46+,47+,49+,50+,51+,55+,56+,62?/m0/s1. The van der Waals surface area contributed by atoms with Gasteiger partial charge in [0, 0.05) is 98.6 Å². The number of nitrogens with zero attached hydrogens (tertiary/aromatic N) is 15. The minimum absolute atomic E-state index is 0.00795. The zero-order valence-electron chi connectivity index (χ0n) is 63.6. The topological polar surface area (TPSA) is 718 Å². The van der Waals surface area contributed by atoms with Crippen LogP contribution in [0, 0.1) is 6.92 Å². The number of H-pyrrole nitrogens is 2. The van der Waals surface area contributed by atoms with Crippen LogP contribution in [0.15, 0.2) is 121 Å². The summed E-state index contributed by atoms with van der Waals surface area (Å²) in [6.07, 6.45) is -12.6. The van der Waals surface area contributed by atoms with Gasteiger partial charge in [-0.05, 0) is 50.6 Å². The number of phosphoric ester groups is 5. The lowest BCUT2D eigenvalue weighted by atomic mass is 10.1. The Labute approximate surface area is 684 Å². The van der Waals surface area contributed by atoms with E-state index in [-0.39, 0.29) is 64.7 Å². The van der Waals surface area contributed by atoms with Crippen LogP contribution in [0.25, 0.3) is 45.4 Å². The summed E-state index contributed by atoms with van der Waals surface area (Å²) in [7, 11) is -34.2. The molecule has 10 aromatic rings. The number of nitrogens with one attached hydrogen (secondary N) is 2. The first-order valence-corrected chi connectivity index (χ1v) is 45.4. The molecule has 13 heterocycles. The quantitative estimate of drug-likeness (QED) is 0.0141. The van der Waals surface area contributed by atoms with Crippen molar-refractivity contribution in [2.75, 3.05) is 55.9 Å². The van der Waals surface area contributed by atoms with E-state index in [1.54, 1.807) is 24.3 Å². The number of benzene rings is 1. The molecule has 1 aromatic carbocycles. The van der Waals surface area contributed by atoms with E-state index >= 15 is 0 Å². The number of hydrogen-bond donors (Lipinski definition) is 6. The number of fused-ring (bicyclic) bond motifs is 3. The van der Waals surface area contributed by atoms with Crippen LogP contribution >= 0.6 is 39.1 Å². The van der Waals surface area contributed by atoms with Crippen LogP contribution in [0.3, 0.4) is 0 Å². The lowest BCUT2D eigenvalue weighted by Crippen LogP contribution is -2.41. The molecule has 4 saturated heterocycles. The molecule has 4 aliphatic heterocycles. The van der Waals surface area contributed by atoms with Gasteiger partial charge in [0.2, 0.25) is 0 Å². The number of nitrogen functional groups attached to an aromatic ring is 2. The third-order valence-electron chi connectivity index (χ3n) is 19.6. The Morgan fingerprint density at radius 2 is 1.21 bits per heavy atom. The van der Waals surface area contributed by atoms with Crippen LogP contribution in [0.5, 0.6) is 0 Å². The fourth-order valence-electron chi connectivity index (χ4n) is 14.0. The molecule has 0 radical (unpaired) electrons. The Hall–Kier alpha value is -9.09. The number of pyridine rings is 1. The SMILES string of the molecule is CCN(CC)c1ccc2cc(/C=C/c3cc[n+](CCCn4cc(CO[C@H]5C(n6ccc(=O)[nH]c6=O)O[C@H](COP(=O)([O-])O[C@H]6C[C@H](n7cnc8c(N)ncnc87)O[C@@H]6COP(=O)([O-])O[C@H]6C[C@H](n7cc(C)c(=O)[nH]c7=O)O[C@@H]6COP(=O)([O-])O)[C@H]5OP(=O)([O-])OC[C@H]5O[C@@H](n6cnc7c(N)ncnc76)C[C@@H]5OP(=O)([O-])O)nn4)c(S(=O)(=O)[O-])c3)oc2c1. The van der Waals surface area contributed by atoms with Crippen molar-refractivity contribution in [1.29, 1.82) is 0 Å². The Kier molecular flexibility index (Phi) is 26.5. The summed E-state index contributed by atoms with van der Waals surface area (Å²) in [6.45, 7) is 1.22. The number of imidazole rings is 2. The maximum absolute atomic E-state index is 14.6. The molecule has 658 valence electrons. The van der Waals surface area contributed by atoms with Crippen molar-refractivity contribution in [2.45, 2.75) is 151 Å². The molecule has 4 fully saturated rings. The highest BCUT2D eigenvalue weighted by atomic mass is 32.2. The largest absolute Gasteiger partial charge is 0.756 e. The summed E-state index contributed by atoms with van der Waals surface area (Å²) >= 11 is 0. The monoisotopic (exact) mass is 1820 g/mol. The van der Waals surface area contributed by atoms with Crippen LogP contribution in [-0.2, 0) is 113 Å². The van der Waals surface area contributed by atoms with Gasteiger partial charge < -0.3 is 119 Å². The Balaban J connectivity index is 0.713. The van der Waals surface area contributed by atoms with Crippen molar-refractivity contribution in [3.63, 3.8) is 0 Å². The summed E-state index contributed by atoms with van der Waals surface area (Å²) in [6, 6.07) is 11.2. The van der Waals surface area contributed by atoms with E-state index in [1.165, 1.54) is 50.1 Å². The smallest absolute Gasteiger partial charge is 0.330 e. The molecule has 18 atom stereocenters. The number of phosphoric acid groups is 5. The van der Waals surface area contributed by atoms with Crippen LogP contribution in [0.1, 0.15) is 87.0 Å². The summed E-state index contributed by atoms with van der Waals surface area (Å²) in [5.74, 6) is 0.257. The maximum Gasteiger partial charge on any atom is 0.330 e. The number of hydrogen-bond acceptors (Lipinski definition) is 42. The highest BCUT2D eigenvalue weighted by Crippen LogP contribution is 2.53. The summed E-state index contributed by atoms with van der Waals surface area (Å²) < 4.78 is 190. The Bertz CT molecular complexity index is 6190. The average molecular weight is 1820 g/mol. The average Bonchev–Trinajstić information content (AvgIpc) is 1.63. The van der Waals surface area contributed by atoms with E-state index in [0.717, 1.165) is 66.2 Å². The van der Waals surface area contributed by atoms with Crippen LogP contribution in [-0.4, -0.2) is 190 Å². The highest BCUT2D eigenvalue weighted by molar-refractivity contribution is 7.85. The lowest BCUT2D eigenvalue weighted by Gasteiger charge is -2.33. The second-order valence-corrected chi connectivity index (χ2v) is 35.5. The third-order valence-corrected chi connectivity index (χ3v) is 24.4. The van der Waals surface area contributed by atoms with Crippen molar-refractivity contribution >= 4 is 112 Å². The number of aromatic amines is 2. The fourth-order valence-corrected chi connectivity index (χ4v) is 18.4. The molecular weight excluding hydrogens is 1750 g/mol. The molecule has 122 heavy (non-hydrogen) atoms. The molecular formula is C64H73N19O33P5S-5. The third kappa shape index (κ3) is 21.3. The number of anilines is 3. The van der Waals surface area contributed by atoms with Crippen molar-refractivity contribution in [3.8, 4) is 0 Å². The molecule has 0 bridgehead atoms. The predicted octanol–water partition coefficient (Wildman–Crippen LogP) is -1.85. The molecule has 0 saturated carbocycles. The van der Waals surface area contributed by atoms with Crippen LogP contribution < -0.4 is 67.9 Å². The normalized spacial score (nSPS) is 25.2. The molecule has 52 nitrogen and oxygen atoms in total. The summed E-state index contributed by atoms with van der Waals surface area (Å²) in [5, 5.41) is 8.48. The zero-order valence-corrected chi connectivity index (χ0v) is 68.9. The number of ether oxygens (including phenoxy) is 5. The van der Waals surface area contributed by atoms with E-state index in [0.29, 0.717) is 21.5 Å². The molecule has 0 aliphatic carbocycles. The molecule has 6 unspecified atom stereocenters. The van der Waals surface area contributed by atoms with E-state index in [9.17, 15) is 89.2 Å². The van der Waals surface area contributed by atoms with Crippen LogP contribution in [0.4, 0.5) is 17.3 Å². The molecule has 58 heteroatoms. The van der Waals surface area contributed by atoms with Gasteiger partial charge >= 0.3 is 11.4 Å².